The lowest BCUT2D eigenvalue weighted by atomic mass is 10.4. The number of hydrogen-bond donors (Lipinski definition) is 1. The van der Waals surface area contributed by atoms with Crippen molar-refractivity contribution in [2.24, 2.45) is 0 Å². The molecule has 1 N–H and O–H groups in total. The predicted octanol–water partition coefficient (Wildman–Crippen LogP) is 1.04. The van der Waals surface area contributed by atoms with Crippen molar-refractivity contribution in [3.63, 3.8) is 0 Å². The van der Waals surface area contributed by atoms with Crippen LogP contribution in [0.1, 0.15) is 10.5 Å². The fraction of sp³-hybridized carbons (Fsp3) is 0.364. The van der Waals surface area contributed by atoms with Crippen molar-refractivity contribution in [2.45, 2.75) is 0 Å². The second-order valence-electron chi connectivity index (χ2n) is 2.96. The SMILES string of the molecule is C#CCSCCNc1cncc(C(=O)OC)n1. The molecule has 0 atom stereocenters. The number of nitrogens with zero attached hydrogens (tertiary/aromatic N) is 2. The Morgan fingerprint density at radius 1 is 1.65 bits per heavy atom. The molecule has 0 fully saturated rings. The number of aromatic nitrogens is 2. The molecular weight excluding hydrogens is 238 g/mol. The average molecular weight is 251 g/mol. The summed E-state index contributed by atoms with van der Waals surface area (Å²) in [6.07, 6.45) is 8.04. The standard InChI is InChI=1S/C11H13N3O2S/c1-3-5-17-6-4-13-10-8-12-7-9(14-10)11(15)16-2/h1,7-8H,4-6H2,2H3,(H,13,14). The molecular formula is C11H13N3O2S. The van der Waals surface area contributed by atoms with E-state index in [2.05, 4.69) is 25.9 Å². The summed E-state index contributed by atoms with van der Waals surface area (Å²) in [7, 11) is 1.31. The van der Waals surface area contributed by atoms with Gasteiger partial charge in [-0.15, -0.1) is 18.2 Å². The molecule has 1 aromatic heterocycles. The summed E-state index contributed by atoms with van der Waals surface area (Å²) in [5.74, 6) is 4.16. The van der Waals surface area contributed by atoms with Crippen LogP contribution in [0, 0.1) is 12.3 Å². The molecule has 0 aromatic carbocycles. The average Bonchev–Trinajstić information content (AvgIpc) is 2.38. The van der Waals surface area contributed by atoms with Crippen LogP contribution in [0.25, 0.3) is 0 Å². The monoisotopic (exact) mass is 251 g/mol. The van der Waals surface area contributed by atoms with Gasteiger partial charge in [-0.1, -0.05) is 5.92 Å². The number of methoxy groups -OCH3 is 1. The number of thioether (sulfide) groups is 1. The number of rotatable bonds is 6. The Hall–Kier alpha value is -1.74. The molecule has 0 amide bonds. The Morgan fingerprint density at radius 2 is 2.47 bits per heavy atom. The van der Waals surface area contributed by atoms with Gasteiger partial charge in [-0.2, -0.15) is 0 Å². The van der Waals surface area contributed by atoms with Crippen LogP contribution in [0.5, 0.6) is 0 Å². The minimum absolute atomic E-state index is 0.189. The summed E-state index contributed by atoms with van der Waals surface area (Å²) < 4.78 is 4.55. The molecule has 0 saturated heterocycles. The first-order valence-electron chi connectivity index (χ1n) is 4.93. The Morgan fingerprint density at radius 3 is 3.18 bits per heavy atom. The number of anilines is 1. The van der Waals surface area contributed by atoms with E-state index < -0.39 is 5.97 Å². The van der Waals surface area contributed by atoms with Gasteiger partial charge in [-0.25, -0.2) is 9.78 Å². The molecule has 0 aliphatic rings. The number of nitrogens with one attached hydrogen (secondary N) is 1. The van der Waals surface area contributed by atoms with Crippen LogP contribution in [-0.2, 0) is 4.74 Å². The summed E-state index contributed by atoms with van der Waals surface area (Å²) in [6.45, 7) is 0.714. The highest BCUT2D eigenvalue weighted by Crippen LogP contribution is 2.04. The number of ether oxygens (including phenoxy) is 1. The molecule has 90 valence electrons. The molecule has 0 unspecified atom stereocenters. The van der Waals surface area contributed by atoms with E-state index in [1.807, 2.05) is 0 Å². The maximum atomic E-state index is 11.2. The number of carbonyl (C=O) groups excluding carboxylic acids is 1. The quantitative estimate of drug-likeness (QED) is 0.463. The first-order valence-corrected chi connectivity index (χ1v) is 6.09. The molecule has 1 heterocycles. The topological polar surface area (TPSA) is 64.1 Å². The van der Waals surface area contributed by atoms with Crippen LogP contribution in [0.15, 0.2) is 12.4 Å². The Kier molecular flexibility index (Phi) is 5.89. The van der Waals surface area contributed by atoms with Crippen LogP contribution in [0.4, 0.5) is 5.82 Å². The number of esters is 1. The maximum Gasteiger partial charge on any atom is 0.358 e. The van der Waals surface area contributed by atoms with Crippen LogP contribution in [0.2, 0.25) is 0 Å². The van der Waals surface area contributed by atoms with Gasteiger partial charge in [0.1, 0.15) is 5.82 Å². The van der Waals surface area contributed by atoms with E-state index in [0.29, 0.717) is 18.1 Å². The van der Waals surface area contributed by atoms with Crippen molar-refractivity contribution in [3.05, 3.63) is 18.1 Å². The van der Waals surface area contributed by atoms with E-state index in [9.17, 15) is 4.79 Å². The largest absolute Gasteiger partial charge is 0.464 e. The molecule has 0 saturated carbocycles. The van der Waals surface area contributed by atoms with Crippen molar-refractivity contribution in [1.29, 1.82) is 0 Å². The van der Waals surface area contributed by atoms with Crippen molar-refractivity contribution in [2.75, 3.05) is 30.5 Å². The fourth-order valence-electron chi connectivity index (χ4n) is 1.04. The highest BCUT2D eigenvalue weighted by molar-refractivity contribution is 7.99. The van der Waals surface area contributed by atoms with Crippen molar-refractivity contribution >= 4 is 23.5 Å². The molecule has 0 aliphatic heterocycles. The van der Waals surface area contributed by atoms with Gasteiger partial charge >= 0.3 is 5.97 Å². The molecule has 1 aromatic rings. The Balaban J connectivity index is 2.44. The highest BCUT2D eigenvalue weighted by Gasteiger charge is 2.07. The molecule has 1 rings (SSSR count). The number of carbonyl (C=O) groups is 1. The van der Waals surface area contributed by atoms with Crippen LogP contribution in [-0.4, -0.2) is 41.1 Å². The van der Waals surface area contributed by atoms with Crippen LogP contribution < -0.4 is 5.32 Å². The Bertz CT molecular complexity index is 417. The molecule has 6 heteroatoms. The third-order valence-corrected chi connectivity index (χ3v) is 2.63. The molecule has 0 radical (unpaired) electrons. The third kappa shape index (κ3) is 4.74. The van der Waals surface area contributed by atoms with Crippen LogP contribution in [0.3, 0.4) is 0 Å². The zero-order chi connectivity index (χ0) is 12.5. The highest BCUT2D eigenvalue weighted by atomic mass is 32.2. The first-order chi connectivity index (χ1) is 8.27. The molecule has 17 heavy (non-hydrogen) atoms. The van der Waals surface area contributed by atoms with Gasteiger partial charge in [0, 0.05) is 12.3 Å². The van der Waals surface area contributed by atoms with Gasteiger partial charge in [-0.05, 0) is 0 Å². The van der Waals surface area contributed by atoms with Gasteiger partial charge < -0.3 is 10.1 Å². The second kappa shape index (κ2) is 7.52. The van der Waals surface area contributed by atoms with Crippen molar-refractivity contribution < 1.29 is 9.53 Å². The van der Waals surface area contributed by atoms with E-state index in [4.69, 9.17) is 6.42 Å². The van der Waals surface area contributed by atoms with Gasteiger partial charge in [0.15, 0.2) is 5.69 Å². The lowest BCUT2D eigenvalue weighted by Gasteiger charge is -2.05. The summed E-state index contributed by atoms with van der Waals surface area (Å²) in [6, 6.07) is 0. The van der Waals surface area contributed by atoms with Crippen LogP contribution >= 0.6 is 11.8 Å². The van der Waals surface area contributed by atoms with E-state index in [1.54, 1.807) is 18.0 Å². The predicted molar refractivity (Wildman–Crippen MR) is 68.0 cm³/mol. The second-order valence-corrected chi connectivity index (χ2v) is 4.07. The lowest BCUT2D eigenvalue weighted by molar-refractivity contribution is 0.0593. The maximum absolute atomic E-state index is 11.2. The zero-order valence-corrected chi connectivity index (χ0v) is 10.3. The van der Waals surface area contributed by atoms with Crippen molar-refractivity contribution in [1.82, 2.24) is 9.97 Å². The molecule has 0 aliphatic carbocycles. The Labute approximate surface area is 104 Å². The smallest absolute Gasteiger partial charge is 0.358 e. The summed E-state index contributed by atoms with van der Waals surface area (Å²) in [5.41, 5.74) is 0.189. The number of terminal acetylenes is 1. The molecule has 5 nitrogen and oxygen atoms in total. The van der Waals surface area contributed by atoms with E-state index in [0.717, 1.165) is 5.75 Å². The van der Waals surface area contributed by atoms with E-state index in [1.165, 1.54) is 13.3 Å². The van der Waals surface area contributed by atoms with Gasteiger partial charge in [0.2, 0.25) is 0 Å². The normalized spacial score (nSPS) is 9.41. The van der Waals surface area contributed by atoms with Gasteiger partial charge in [0.25, 0.3) is 0 Å². The van der Waals surface area contributed by atoms with Crippen molar-refractivity contribution in [3.8, 4) is 12.3 Å². The minimum Gasteiger partial charge on any atom is -0.464 e. The number of hydrogen-bond acceptors (Lipinski definition) is 6. The molecule has 0 bridgehead atoms. The summed E-state index contributed by atoms with van der Waals surface area (Å²) in [5, 5.41) is 3.05. The third-order valence-electron chi connectivity index (χ3n) is 1.77. The minimum atomic E-state index is -0.497. The fourth-order valence-corrected chi connectivity index (χ4v) is 1.55. The molecule has 0 spiro atoms. The first kappa shape index (κ1) is 13.3. The summed E-state index contributed by atoms with van der Waals surface area (Å²) >= 11 is 1.65. The van der Waals surface area contributed by atoms with Gasteiger partial charge in [-0.3, -0.25) is 4.98 Å². The lowest BCUT2D eigenvalue weighted by Crippen LogP contribution is -2.10. The zero-order valence-electron chi connectivity index (χ0n) is 9.47. The van der Waals surface area contributed by atoms with Gasteiger partial charge in [0.05, 0.1) is 25.3 Å². The summed E-state index contributed by atoms with van der Waals surface area (Å²) in [4.78, 5) is 19.2. The van der Waals surface area contributed by atoms with E-state index >= 15 is 0 Å². The van der Waals surface area contributed by atoms with E-state index in [-0.39, 0.29) is 5.69 Å².